The molecular formula is C20H18N2O3S. The molecular weight excluding hydrogens is 348 g/mol. The van der Waals surface area contributed by atoms with Crippen molar-refractivity contribution in [2.24, 2.45) is 0 Å². The van der Waals surface area contributed by atoms with Crippen LogP contribution >= 0.6 is 11.8 Å². The number of carbonyl (C=O) groups excluding carboxylic acids is 1. The molecule has 3 rings (SSSR count). The summed E-state index contributed by atoms with van der Waals surface area (Å²) < 4.78 is 5.09. The molecule has 1 amide bonds. The Morgan fingerprint density at radius 2 is 1.73 bits per heavy atom. The van der Waals surface area contributed by atoms with Crippen molar-refractivity contribution in [1.29, 1.82) is 0 Å². The second-order valence-electron chi connectivity index (χ2n) is 5.53. The van der Waals surface area contributed by atoms with Gasteiger partial charge in [-0.05, 0) is 66.7 Å². The lowest BCUT2D eigenvalue weighted by atomic mass is 10.2. The molecule has 0 aliphatic rings. The van der Waals surface area contributed by atoms with Gasteiger partial charge in [-0.15, -0.1) is 0 Å². The molecule has 26 heavy (non-hydrogen) atoms. The number of nitrogens with one attached hydrogen (secondary N) is 1. The quantitative estimate of drug-likeness (QED) is 0.583. The minimum Gasteiger partial charge on any atom is -0.508 e. The number of nitrogen functional groups attached to an aromatic ring is 1. The minimum atomic E-state index is -0.217. The van der Waals surface area contributed by atoms with Crippen molar-refractivity contribution >= 4 is 29.0 Å². The van der Waals surface area contributed by atoms with Gasteiger partial charge in [0.1, 0.15) is 11.5 Å². The van der Waals surface area contributed by atoms with Crippen molar-refractivity contribution in [2.45, 2.75) is 9.79 Å². The Morgan fingerprint density at radius 1 is 1.04 bits per heavy atom. The Hall–Kier alpha value is -3.12. The van der Waals surface area contributed by atoms with Gasteiger partial charge in [-0.3, -0.25) is 4.79 Å². The fourth-order valence-electron chi connectivity index (χ4n) is 2.31. The smallest absolute Gasteiger partial charge is 0.255 e. The Labute approximate surface area is 155 Å². The molecule has 0 aliphatic carbocycles. The van der Waals surface area contributed by atoms with Gasteiger partial charge in [0.2, 0.25) is 0 Å². The number of hydrogen-bond acceptors (Lipinski definition) is 5. The highest BCUT2D eigenvalue weighted by Gasteiger charge is 2.09. The predicted molar refractivity (Wildman–Crippen MR) is 104 cm³/mol. The van der Waals surface area contributed by atoms with Gasteiger partial charge in [-0.25, -0.2) is 0 Å². The molecule has 0 saturated carbocycles. The van der Waals surface area contributed by atoms with Gasteiger partial charge < -0.3 is 20.9 Å². The van der Waals surface area contributed by atoms with E-state index in [9.17, 15) is 9.90 Å². The molecule has 3 aromatic rings. The molecule has 0 aromatic heterocycles. The van der Waals surface area contributed by atoms with Crippen LogP contribution in [0.5, 0.6) is 11.5 Å². The lowest BCUT2D eigenvalue weighted by Crippen LogP contribution is -2.12. The van der Waals surface area contributed by atoms with E-state index in [1.54, 1.807) is 55.6 Å². The molecule has 0 radical (unpaired) electrons. The SMILES string of the molecule is COc1ccc(C(=O)Nc2ccc(Sc3ccc(O)cc3)c(N)c2)cc1. The Balaban J connectivity index is 1.70. The van der Waals surface area contributed by atoms with Gasteiger partial charge >= 0.3 is 0 Å². The van der Waals surface area contributed by atoms with Gasteiger partial charge in [0.25, 0.3) is 5.91 Å². The van der Waals surface area contributed by atoms with E-state index in [-0.39, 0.29) is 11.7 Å². The lowest BCUT2D eigenvalue weighted by Gasteiger charge is -2.10. The van der Waals surface area contributed by atoms with Gasteiger partial charge in [-0.1, -0.05) is 11.8 Å². The second kappa shape index (κ2) is 7.84. The molecule has 5 nitrogen and oxygen atoms in total. The van der Waals surface area contributed by atoms with Gasteiger partial charge in [0.15, 0.2) is 0 Å². The summed E-state index contributed by atoms with van der Waals surface area (Å²) in [6.45, 7) is 0. The Kier molecular flexibility index (Phi) is 5.34. The zero-order chi connectivity index (χ0) is 18.5. The molecule has 4 N–H and O–H groups in total. The zero-order valence-corrected chi connectivity index (χ0v) is 14.9. The first-order valence-electron chi connectivity index (χ1n) is 7.87. The zero-order valence-electron chi connectivity index (χ0n) is 14.1. The van der Waals surface area contributed by atoms with Crippen LogP contribution in [-0.4, -0.2) is 18.1 Å². The molecule has 0 unspecified atom stereocenters. The van der Waals surface area contributed by atoms with Crippen LogP contribution in [-0.2, 0) is 0 Å². The number of phenolic OH excluding ortho intramolecular Hbond substituents is 1. The van der Waals surface area contributed by atoms with E-state index in [0.29, 0.717) is 22.7 Å². The van der Waals surface area contributed by atoms with E-state index in [1.165, 1.54) is 11.8 Å². The first-order chi connectivity index (χ1) is 12.5. The van der Waals surface area contributed by atoms with Crippen molar-refractivity contribution in [3.05, 3.63) is 72.3 Å². The van der Waals surface area contributed by atoms with Crippen LogP contribution in [0.2, 0.25) is 0 Å². The molecule has 6 heteroatoms. The summed E-state index contributed by atoms with van der Waals surface area (Å²) >= 11 is 1.49. The summed E-state index contributed by atoms with van der Waals surface area (Å²) in [5.41, 5.74) is 7.84. The summed E-state index contributed by atoms with van der Waals surface area (Å²) in [5, 5.41) is 12.2. The Bertz CT molecular complexity index is 909. The largest absolute Gasteiger partial charge is 0.508 e. The van der Waals surface area contributed by atoms with Crippen molar-refractivity contribution in [2.75, 3.05) is 18.2 Å². The summed E-state index contributed by atoms with van der Waals surface area (Å²) in [5.74, 6) is 0.700. The summed E-state index contributed by atoms with van der Waals surface area (Å²) in [6.07, 6.45) is 0. The maximum Gasteiger partial charge on any atom is 0.255 e. The number of phenols is 1. The fourth-order valence-corrected chi connectivity index (χ4v) is 3.14. The molecule has 0 aliphatic heterocycles. The standard InChI is InChI=1S/C20H18N2O3S/c1-25-16-7-2-13(3-8-16)20(24)22-14-4-11-19(18(21)12-14)26-17-9-5-15(23)6-10-17/h2-12,23H,21H2,1H3,(H,22,24). The van der Waals surface area contributed by atoms with Crippen LogP contribution in [0.4, 0.5) is 11.4 Å². The van der Waals surface area contributed by atoms with Gasteiger partial charge in [0.05, 0.1) is 7.11 Å². The van der Waals surface area contributed by atoms with Crippen LogP contribution < -0.4 is 15.8 Å². The highest BCUT2D eigenvalue weighted by molar-refractivity contribution is 7.99. The number of aromatic hydroxyl groups is 1. The number of nitrogens with two attached hydrogens (primary N) is 1. The summed E-state index contributed by atoms with van der Waals surface area (Å²) in [7, 11) is 1.58. The number of anilines is 2. The maximum atomic E-state index is 12.3. The summed E-state index contributed by atoms with van der Waals surface area (Å²) in [6, 6.07) is 19.2. The Morgan fingerprint density at radius 3 is 2.35 bits per heavy atom. The minimum absolute atomic E-state index is 0.217. The van der Waals surface area contributed by atoms with Crippen LogP contribution in [0.3, 0.4) is 0 Å². The molecule has 0 spiro atoms. The number of benzene rings is 3. The number of methoxy groups -OCH3 is 1. The highest BCUT2D eigenvalue weighted by Crippen LogP contribution is 2.34. The summed E-state index contributed by atoms with van der Waals surface area (Å²) in [4.78, 5) is 14.1. The average Bonchev–Trinajstić information content (AvgIpc) is 2.65. The van der Waals surface area contributed by atoms with E-state index in [4.69, 9.17) is 10.5 Å². The van der Waals surface area contributed by atoms with E-state index in [0.717, 1.165) is 9.79 Å². The third-order valence-corrected chi connectivity index (χ3v) is 4.78. The van der Waals surface area contributed by atoms with Gasteiger partial charge in [-0.2, -0.15) is 0 Å². The molecule has 0 heterocycles. The van der Waals surface area contributed by atoms with E-state index in [2.05, 4.69) is 5.32 Å². The van der Waals surface area contributed by atoms with E-state index in [1.807, 2.05) is 18.2 Å². The molecule has 0 fully saturated rings. The normalized spacial score (nSPS) is 10.3. The van der Waals surface area contributed by atoms with Crippen LogP contribution in [0.15, 0.2) is 76.5 Å². The first kappa shape index (κ1) is 17.7. The molecule has 0 bridgehead atoms. The average molecular weight is 366 g/mol. The highest BCUT2D eigenvalue weighted by atomic mass is 32.2. The van der Waals surface area contributed by atoms with Crippen LogP contribution in [0.1, 0.15) is 10.4 Å². The molecule has 0 atom stereocenters. The number of carbonyl (C=O) groups is 1. The number of rotatable bonds is 5. The van der Waals surface area contributed by atoms with Crippen molar-refractivity contribution < 1.29 is 14.6 Å². The van der Waals surface area contributed by atoms with Crippen molar-refractivity contribution in [1.82, 2.24) is 0 Å². The maximum absolute atomic E-state index is 12.3. The van der Waals surface area contributed by atoms with E-state index >= 15 is 0 Å². The third-order valence-electron chi connectivity index (χ3n) is 3.68. The predicted octanol–water partition coefficient (Wildman–Crippen LogP) is 4.39. The number of amides is 1. The van der Waals surface area contributed by atoms with Crippen molar-refractivity contribution in [3.63, 3.8) is 0 Å². The van der Waals surface area contributed by atoms with Crippen LogP contribution in [0.25, 0.3) is 0 Å². The monoisotopic (exact) mass is 366 g/mol. The first-order valence-corrected chi connectivity index (χ1v) is 8.68. The topological polar surface area (TPSA) is 84.6 Å². The lowest BCUT2D eigenvalue weighted by molar-refractivity contribution is 0.102. The molecule has 132 valence electrons. The molecule has 3 aromatic carbocycles. The fraction of sp³-hybridized carbons (Fsp3) is 0.0500. The molecule has 0 saturated heterocycles. The van der Waals surface area contributed by atoms with E-state index < -0.39 is 0 Å². The second-order valence-corrected chi connectivity index (χ2v) is 6.65. The van der Waals surface area contributed by atoms with Crippen molar-refractivity contribution in [3.8, 4) is 11.5 Å². The third kappa shape index (κ3) is 4.29. The number of ether oxygens (including phenoxy) is 1. The number of hydrogen-bond donors (Lipinski definition) is 3. The van der Waals surface area contributed by atoms with Crippen LogP contribution in [0, 0.1) is 0 Å². The van der Waals surface area contributed by atoms with Gasteiger partial charge in [0, 0.05) is 26.7 Å².